The average molecular weight is 455 g/mol. The summed E-state index contributed by atoms with van der Waals surface area (Å²) >= 11 is 3.34. The SMILES string of the molecule is CN(c1ccc(Br)cc1)c1ncc(C(F)(F)F)c(N(C)c2ccc(F)cc2)n1. The van der Waals surface area contributed by atoms with Crippen LogP contribution in [0.1, 0.15) is 5.56 Å². The molecule has 28 heavy (non-hydrogen) atoms. The molecule has 1 aromatic heterocycles. The predicted octanol–water partition coefficient (Wildman–Crippen LogP) is 5.93. The lowest BCUT2D eigenvalue weighted by Gasteiger charge is -2.25. The number of halogens is 5. The third-order valence-corrected chi connectivity index (χ3v) is 4.64. The lowest BCUT2D eigenvalue weighted by molar-refractivity contribution is -0.137. The number of nitrogens with zero attached hydrogens (tertiary/aromatic N) is 4. The van der Waals surface area contributed by atoms with Crippen LogP contribution in [-0.4, -0.2) is 24.1 Å². The van der Waals surface area contributed by atoms with Crippen LogP contribution >= 0.6 is 15.9 Å². The third-order valence-electron chi connectivity index (χ3n) is 4.11. The Morgan fingerprint density at radius 2 is 1.39 bits per heavy atom. The second-order valence-corrected chi connectivity index (χ2v) is 6.89. The van der Waals surface area contributed by atoms with Crippen LogP contribution in [-0.2, 0) is 6.18 Å². The van der Waals surface area contributed by atoms with Gasteiger partial charge in [0.25, 0.3) is 0 Å². The van der Waals surface area contributed by atoms with E-state index in [0.29, 0.717) is 11.4 Å². The summed E-state index contributed by atoms with van der Waals surface area (Å²) in [5.74, 6) is -0.709. The first-order valence-corrected chi connectivity index (χ1v) is 8.89. The van der Waals surface area contributed by atoms with E-state index in [2.05, 4.69) is 25.9 Å². The lowest BCUT2D eigenvalue weighted by Crippen LogP contribution is -2.21. The number of aromatic nitrogens is 2. The monoisotopic (exact) mass is 454 g/mol. The number of rotatable bonds is 4. The highest BCUT2D eigenvalue weighted by Crippen LogP contribution is 2.38. The van der Waals surface area contributed by atoms with E-state index in [1.54, 1.807) is 24.1 Å². The molecule has 3 rings (SSSR count). The highest BCUT2D eigenvalue weighted by atomic mass is 79.9. The van der Waals surface area contributed by atoms with Crippen LogP contribution in [0.2, 0.25) is 0 Å². The zero-order valence-electron chi connectivity index (χ0n) is 14.9. The highest BCUT2D eigenvalue weighted by Gasteiger charge is 2.37. The summed E-state index contributed by atoms with van der Waals surface area (Å²) in [6.45, 7) is 0. The predicted molar refractivity (Wildman–Crippen MR) is 104 cm³/mol. The van der Waals surface area contributed by atoms with Gasteiger partial charge in [-0.25, -0.2) is 9.37 Å². The minimum absolute atomic E-state index is 0.0966. The maximum atomic E-state index is 13.5. The summed E-state index contributed by atoms with van der Waals surface area (Å²) < 4.78 is 54.6. The molecule has 0 spiro atoms. The smallest absolute Gasteiger partial charge is 0.329 e. The molecule has 0 N–H and O–H groups in total. The van der Waals surface area contributed by atoms with E-state index in [1.165, 1.54) is 36.2 Å². The van der Waals surface area contributed by atoms with E-state index < -0.39 is 17.6 Å². The largest absolute Gasteiger partial charge is 0.421 e. The van der Waals surface area contributed by atoms with Crippen LogP contribution in [0.15, 0.2) is 59.2 Å². The summed E-state index contributed by atoms with van der Waals surface area (Å²) in [6.07, 6.45) is -3.88. The molecule has 146 valence electrons. The lowest BCUT2D eigenvalue weighted by atomic mass is 10.2. The fourth-order valence-corrected chi connectivity index (χ4v) is 2.81. The highest BCUT2D eigenvalue weighted by molar-refractivity contribution is 9.10. The number of anilines is 4. The van der Waals surface area contributed by atoms with Crippen LogP contribution < -0.4 is 9.80 Å². The van der Waals surface area contributed by atoms with E-state index in [4.69, 9.17) is 0 Å². The molecule has 0 radical (unpaired) electrons. The van der Waals surface area contributed by atoms with Crippen molar-refractivity contribution in [3.05, 3.63) is 70.6 Å². The molecule has 0 unspecified atom stereocenters. The normalized spacial score (nSPS) is 11.4. The van der Waals surface area contributed by atoms with Crippen LogP contribution in [0.3, 0.4) is 0 Å². The van der Waals surface area contributed by atoms with E-state index in [0.717, 1.165) is 10.7 Å². The van der Waals surface area contributed by atoms with Crippen molar-refractivity contribution in [2.45, 2.75) is 6.18 Å². The molecule has 0 aliphatic heterocycles. The van der Waals surface area contributed by atoms with Gasteiger partial charge in [-0.3, -0.25) is 0 Å². The molecule has 3 aromatic rings. The summed E-state index contributed by atoms with van der Waals surface area (Å²) in [6, 6.07) is 12.3. The van der Waals surface area contributed by atoms with Gasteiger partial charge in [-0.1, -0.05) is 15.9 Å². The van der Waals surface area contributed by atoms with Gasteiger partial charge in [0.05, 0.1) is 0 Å². The molecule has 0 fully saturated rings. The quantitative estimate of drug-likeness (QED) is 0.457. The maximum Gasteiger partial charge on any atom is 0.421 e. The van der Waals surface area contributed by atoms with Crippen LogP contribution in [0.4, 0.5) is 40.7 Å². The van der Waals surface area contributed by atoms with E-state index >= 15 is 0 Å². The molecule has 1 heterocycles. The maximum absolute atomic E-state index is 13.5. The molecule has 0 aliphatic rings. The fraction of sp³-hybridized carbons (Fsp3) is 0.158. The van der Waals surface area contributed by atoms with Gasteiger partial charge in [0.1, 0.15) is 11.4 Å². The van der Waals surface area contributed by atoms with Crippen molar-refractivity contribution in [1.29, 1.82) is 0 Å². The second-order valence-electron chi connectivity index (χ2n) is 5.98. The Kier molecular flexibility index (Phi) is 5.55. The third kappa shape index (κ3) is 4.24. The molecular weight excluding hydrogens is 440 g/mol. The summed E-state index contributed by atoms with van der Waals surface area (Å²) in [5, 5.41) is 0. The van der Waals surface area contributed by atoms with Gasteiger partial charge in [-0.2, -0.15) is 18.2 Å². The van der Waals surface area contributed by atoms with E-state index in [9.17, 15) is 17.6 Å². The van der Waals surface area contributed by atoms with Gasteiger partial charge in [-0.15, -0.1) is 0 Å². The molecule has 4 nitrogen and oxygen atoms in total. The Balaban J connectivity index is 2.06. The van der Waals surface area contributed by atoms with Crippen LogP contribution in [0, 0.1) is 5.82 Å². The van der Waals surface area contributed by atoms with Crippen molar-refractivity contribution in [3.63, 3.8) is 0 Å². The molecule has 0 amide bonds. The molecule has 0 bridgehead atoms. The number of benzene rings is 2. The Labute approximate surface area is 167 Å². The van der Waals surface area contributed by atoms with Gasteiger partial charge < -0.3 is 9.80 Å². The first-order valence-electron chi connectivity index (χ1n) is 8.09. The average Bonchev–Trinajstić information content (AvgIpc) is 2.67. The van der Waals surface area contributed by atoms with Crippen molar-refractivity contribution < 1.29 is 17.6 Å². The standard InChI is InChI=1S/C19H15BrF4N4/c1-27(14-9-5-13(21)6-10-14)17-16(19(22,23)24)11-25-18(26-17)28(2)15-7-3-12(20)4-8-15/h3-11H,1-2H3. The van der Waals surface area contributed by atoms with E-state index in [-0.39, 0.29) is 11.8 Å². The minimum atomic E-state index is -4.64. The Hall–Kier alpha value is -2.68. The first-order chi connectivity index (χ1) is 13.2. The molecule has 0 aliphatic carbocycles. The van der Waals surface area contributed by atoms with Gasteiger partial charge in [-0.05, 0) is 48.5 Å². The van der Waals surface area contributed by atoms with Crippen molar-refractivity contribution in [3.8, 4) is 0 Å². The summed E-state index contributed by atoms with van der Waals surface area (Å²) in [4.78, 5) is 10.9. The minimum Gasteiger partial charge on any atom is -0.329 e. The molecule has 9 heteroatoms. The molecular formula is C19H15BrF4N4. The zero-order chi connectivity index (χ0) is 20.5. The van der Waals surface area contributed by atoms with Crippen molar-refractivity contribution in [1.82, 2.24) is 9.97 Å². The second kappa shape index (κ2) is 7.75. The van der Waals surface area contributed by atoms with Crippen molar-refractivity contribution in [2.75, 3.05) is 23.9 Å². The van der Waals surface area contributed by atoms with Gasteiger partial charge in [0, 0.05) is 36.1 Å². The molecule has 2 aromatic carbocycles. The molecule has 0 saturated carbocycles. The fourth-order valence-electron chi connectivity index (χ4n) is 2.55. The topological polar surface area (TPSA) is 32.3 Å². The number of hydrogen-bond acceptors (Lipinski definition) is 4. The Morgan fingerprint density at radius 3 is 1.96 bits per heavy atom. The van der Waals surface area contributed by atoms with Crippen molar-refractivity contribution >= 4 is 39.1 Å². The van der Waals surface area contributed by atoms with Crippen molar-refractivity contribution in [2.24, 2.45) is 0 Å². The number of alkyl halides is 3. The zero-order valence-corrected chi connectivity index (χ0v) is 16.5. The van der Waals surface area contributed by atoms with E-state index in [1.807, 2.05) is 12.1 Å². The van der Waals surface area contributed by atoms with Gasteiger partial charge >= 0.3 is 6.18 Å². The van der Waals surface area contributed by atoms with Crippen LogP contribution in [0.25, 0.3) is 0 Å². The molecule has 0 atom stereocenters. The summed E-state index contributed by atoms with van der Waals surface area (Å²) in [5.41, 5.74) is 0.0912. The van der Waals surface area contributed by atoms with Gasteiger partial charge in [0.2, 0.25) is 5.95 Å². The first kappa shape index (κ1) is 20.1. The Bertz CT molecular complexity index is 959. The Morgan fingerprint density at radius 1 is 0.857 bits per heavy atom. The molecule has 0 saturated heterocycles. The van der Waals surface area contributed by atoms with Gasteiger partial charge in [0.15, 0.2) is 5.82 Å². The number of hydrogen-bond donors (Lipinski definition) is 0. The summed E-state index contributed by atoms with van der Waals surface area (Å²) in [7, 11) is 3.10. The van der Waals surface area contributed by atoms with Crippen LogP contribution in [0.5, 0.6) is 0 Å².